The number of aliphatic imine (C=N–C) groups is 1. The lowest BCUT2D eigenvalue weighted by Crippen LogP contribution is -2.43. The number of guanidine groups is 1. The molecule has 1 saturated heterocycles. The van der Waals surface area contributed by atoms with Gasteiger partial charge in [0.15, 0.2) is 5.96 Å². The van der Waals surface area contributed by atoms with E-state index in [1.807, 2.05) is 45.0 Å². The number of thioether (sulfide) groups is 1. The van der Waals surface area contributed by atoms with Crippen molar-refractivity contribution >= 4 is 17.7 Å². The molecule has 0 saturated carbocycles. The van der Waals surface area contributed by atoms with Crippen LogP contribution in [0.5, 0.6) is 5.75 Å². The fraction of sp³-hybridized carbons (Fsp3) is 0.611. The summed E-state index contributed by atoms with van der Waals surface area (Å²) in [6.07, 6.45) is 0.827. The molecular weight excluding hydrogens is 322 g/mol. The third kappa shape index (κ3) is 5.91. The number of aryl methyl sites for hydroxylation is 1. The molecular formula is C18H29N3O2S. The Bertz CT molecular complexity index is 545. The molecule has 6 heteroatoms. The molecule has 0 aromatic heterocycles. The summed E-state index contributed by atoms with van der Waals surface area (Å²) in [5.74, 6) is 3.41. The summed E-state index contributed by atoms with van der Waals surface area (Å²) in [4.78, 5) is 4.54. The molecule has 0 amide bonds. The monoisotopic (exact) mass is 351 g/mol. The van der Waals surface area contributed by atoms with Crippen LogP contribution in [0.25, 0.3) is 0 Å². The molecule has 0 bridgehead atoms. The van der Waals surface area contributed by atoms with Crippen molar-refractivity contribution in [1.29, 1.82) is 0 Å². The standard InChI is InChI=1S/C18H29N3O2S/c1-4-19-17(21-12-18(22)9-10-24-13-18)20-11-15(3)23-16-8-6-5-7-14(16)2/h5-8,15,22H,4,9-13H2,1-3H3,(H2,19,20,21). The van der Waals surface area contributed by atoms with Gasteiger partial charge < -0.3 is 20.5 Å². The second kappa shape index (κ2) is 9.18. The molecule has 2 atom stereocenters. The molecule has 0 radical (unpaired) electrons. The molecule has 1 fully saturated rings. The van der Waals surface area contributed by atoms with E-state index in [9.17, 15) is 5.11 Å². The van der Waals surface area contributed by atoms with Crippen molar-refractivity contribution < 1.29 is 9.84 Å². The summed E-state index contributed by atoms with van der Waals surface area (Å²) in [7, 11) is 0. The van der Waals surface area contributed by atoms with Gasteiger partial charge in [-0.3, -0.25) is 4.99 Å². The van der Waals surface area contributed by atoms with E-state index in [1.165, 1.54) is 0 Å². The molecule has 5 nitrogen and oxygen atoms in total. The average Bonchev–Trinajstić information content (AvgIpc) is 2.99. The zero-order valence-electron chi connectivity index (χ0n) is 14.8. The Hall–Kier alpha value is -1.40. The van der Waals surface area contributed by atoms with E-state index >= 15 is 0 Å². The number of ether oxygens (including phenoxy) is 1. The third-order valence-corrected chi connectivity index (χ3v) is 5.17. The lowest BCUT2D eigenvalue weighted by Gasteiger charge is -2.21. The van der Waals surface area contributed by atoms with Crippen LogP contribution in [0.4, 0.5) is 0 Å². The quantitative estimate of drug-likeness (QED) is 0.519. The maximum Gasteiger partial charge on any atom is 0.191 e. The van der Waals surface area contributed by atoms with Gasteiger partial charge >= 0.3 is 0 Å². The summed E-state index contributed by atoms with van der Waals surface area (Å²) >= 11 is 1.79. The second-order valence-electron chi connectivity index (χ2n) is 6.30. The van der Waals surface area contributed by atoms with Crippen LogP contribution in [0.2, 0.25) is 0 Å². The fourth-order valence-corrected chi connectivity index (χ4v) is 3.76. The largest absolute Gasteiger partial charge is 0.489 e. The Morgan fingerprint density at radius 3 is 2.88 bits per heavy atom. The predicted molar refractivity (Wildman–Crippen MR) is 102 cm³/mol. The van der Waals surface area contributed by atoms with Gasteiger partial charge in [-0.25, -0.2) is 0 Å². The Morgan fingerprint density at radius 1 is 1.42 bits per heavy atom. The topological polar surface area (TPSA) is 65.9 Å². The summed E-state index contributed by atoms with van der Waals surface area (Å²) in [6, 6.07) is 8.01. The SMILES string of the molecule is CCNC(=NCC1(O)CCSC1)NCC(C)Oc1ccccc1C. The van der Waals surface area contributed by atoms with Gasteiger partial charge in [-0.05, 0) is 44.6 Å². The minimum Gasteiger partial charge on any atom is -0.489 e. The lowest BCUT2D eigenvalue weighted by atomic mass is 10.1. The molecule has 2 rings (SSSR count). The van der Waals surface area contributed by atoms with Crippen LogP contribution in [0.1, 0.15) is 25.8 Å². The van der Waals surface area contributed by atoms with Crippen LogP contribution in [0.15, 0.2) is 29.3 Å². The predicted octanol–water partition coefficient (Wildman–Crippen LogP) is 2.19. The lowest BCUT2D eigenvalue weighted by molar-refractivity contribution is 0.0778. The number of para-hydroxylation sites is 1. The minimum atomic E-state index is -0.656. The zero-order chi connectivity index (χ0) is 17.4. The van der Waals surface area contributed by atoms with Gasteiger partial charge in [0, 0.05) is 12.3 Å². The van der Waals surface area contributed by atoms with E-state index < -0.39 is 5.60 Å². The van der Waals surface area contributed by atoms with E-state index in [-0.39, 0.29) is 6.10 Å². The van der Waals surface area contributed by atoms with Gasteiger partial charge in [0.05, 0.1) is 18.7 Å². The maximum atomic E-state index is 10.4. The van der Waals surface area contributed by atoms with E-state index in [0.29, 0.717) is 13.1 Å². The van der Waals surface area contributed by atoms with Crippen molar-refractivity contribution in [3.63, 3.8) is 0 Å². The van der Waals surface area contributed by atoms with Gasteiger partial charge in [0.1, 0.15) is 11.9 Å². The maximum absolute atomic E-state index is 10.4. The first-order valence-electron chi connectivity index (χ1n) is 8.57. The Kier molecular flexibility index (Phi) is 7.24. The average molecular weight is 352 g/mol. The number of nitrogens with zero attached hydrogens (tertiary/aromatic N) is 1. The van der Waals surface area contributed by atoms with Crippen LogP contribution in [0.3, 0.4) is 0 Å². The van der Waals surface area contributed by atoms with Crippen LogP contribution in [-0.2, 0) is 0 Å². The van der Waals surface area contributed by atoms with Crippen molar-refractivity contribution in [3.05, 3.63) is 29.8 Å². The van der Waals surface area contributed by atoms with E-state index in [2.05, 4.69) is 15.6 Å². The second-order valence-corrected chi connectivity index (χ2v) is 7.40. The molecule has 134 valence electrons. The summed E-state index contributed by atoms with van der Waals surface area (Å²) < 4.78 is 5.97. The molecule has 0 aliphatic carbocycles. The normalized spacial score (nSPS) is 22.2. The zero-order valence-corrected chi connectivity index (χ0v) is 15.7. The smallest absolute Gasteiger partial charge is 0.191 e. The van der Waals surface area contributed by atoms with Gasteiger partial charge in [0.2, 0.25) is 0 Å². The number of nitrogens with one attached hydrogen (secondary N) is 2. The summed E-state index contributed by atoms with van der Waals surface area (Å²) in [5.41, 5.74) is 0.474. The molecule has 1 heterocycles. The number of benzene rings is 1. The highest BCUT2D eigenvalue weighted by Gasteiger charge is 2.31. The van der Waals surface area contributed by atoms with E-state index in [4.69, 9.17) is 4.74 Å². The van der Waals surface area contributed by atoms with Crippen molar-refractivity contribution in [2.75, 3.05) is 31.1 Å². The van der Waals surface area contributed by atoms with Crippen molar-refractivity contribution in [2.45, 2.75) is 38.9 Å². The van der Waals surface area contributed by atoms with Crippen LogP contribution in [0, 0.1) is 6.92 Å². The Morgan fingerprint density at radius 2 is 2.21 bits per heavy atom. The van der Waals surface area contributed by atoms with Crippen molar-refractivity contribution in [3.8, 4) is 5.75 Å². The third-order valence-electron chi connectivity index (χ3n) is 3.94. The summed E-state index contributed by atoms with van der Waals surface area (Å²) in [5, 5.41) is 16.9. The minimum absolute atomic E-state index is 0.0140. The van der Waals surface area contributed by atoms with Crippen LogP contribution >= 0.6 is 11.8 Å². The molecule has 1 aliphatic rings. The van der Waals surface area contributed by atoms with Gasteiger partial charge in [-0.2, -0.15) is 11.8 Å². The van der Waals surface area contributed by atoms with Crippen molar-refractivity contribution in [2.24, 2.45) is 4.99 Å². The molecule has 1 aliphatic heterocycles. The molecule has 1 aromatic rings. The fourth-order valence-electron chi connectivity index (χ4n) is 2.48. The molecule has 24 heavy (non-hydrogen) atoms. The first kappa shape index (κ1) is 18.9. The number of aliphatic hydroxyl groups is 1. The molecule has 3 N–H and O–H groups in total. The number of hydrogen-bond donors (Lipinski definition) is 3. The first-order chi connectivity index (χ1) is 11.5. The van der Waals surface area contributed by atoms with Crippen LogP contribution < -0.4 is 15.4 Å². The van der Waals surface area contributed by atoms with Gasteiger partial charge in [-0.15, -0.1) is 0 Å². The highest BCUT2D eigenvalue weighted by atomic mass is 32.2. The number of hydrogen-bond acceptors (Lipinski definition) is 4. The first-order valence-corrected chi connectivity index (χ1v) is 9.72. The van der Waals surface area contributed by atoms with Gasteiger partial charge in [-0.1, -0.05) is 18.2 Å². The highest BCUT2D eigenvalue weighted by Crippen LogP contribution is 2.27. The van der Waals surface area contributed by atoms with E-state index in [0.717, 1.165) is 41.7 Å². The van der Waals surface area contributed by atoms with Gasteiger partial charge in [0.25, 0.3) is 0 Å². The molecule has 2 unspecified atom stereocenters. The Labute approximate surface area is 149 Å². The molecule has 0 spiro atoms. The summed E-state index contributed by atoms with van der Waals surface area (Å²) in [6.45, 7) is 7.97. The van der Waals surface area contributed by atoms with E-state index in [1.54, 1.807) is 11.8 Å². The highest BCUT2D eigenvalue weighted by molar-refractivity contribution is 7.99. The Balaban J connectivity index is 1.85. The number of rotatable bonds is 7. The van der Waals surface area contributed by atoms with Crippen LogP contribution in [-0.4, -0.2) is 53.9 Å². The molecule has 1 aromatic carbocycles. The van der Waals surface area contributed by atoms with Crippen molar-refractivity contribution in [1.82, 2.24) is 10.6 Å².